The van der Waals surface area contributed by atoms with Gasteiger partial charge in [0.2, 0.25) is 0 Å². The van der Waals surface area contributed by atoms with E-state index in [0.29, 0.717) is 5.92 Å². The van der Waals surface area contributed by atoms with Crippen molar-refractivity contribution in [3.63, 3.8) is 0 Å². The number of hydrogen-bond donors (Lipinski definition) is 1. The van der Waals surface area contributed by atoms with Crippen LogP contribution in [0.4, 0.5) is 0 Å². The monoisotopic (exact) mass is 255 g/mol. The van der Waals surface area contributed by atoms with E-state index in [1.807, 2.05) is 39.8 Å². The van der Waals surface area contributed by atoms with Gasteiger partial charge in [-0.3, -0.25) is 0 Å². The minimum atomic E-state index is -1.06. The van der Waals surface area contributed by atoms with E-state index in [1.165, 1.54) is 12.8 Å². The Morgan fingerprint density at radius 2 is 2.06 bits per heavy atom. The zero-order valence-electron chi connectivity index (χ0n) is 10.9. The smallest absolute Gasteiger partial charge is 0.136 e. The molecule has 4 heteroatoms. The second kappa shape index (κ2) is 4.67. The summed E-state index contributed by atoms with van der Waals surface area (Å²) in [5, 5.41) is 0. The fraction of sp³-hybridized carbons (Fsp3) is 0.692. The van der Waals surface area contributed by atoms with Crippen molar-refractivity contribution >= 4 is 11.4 Å². The van der Waals surface area contributed by atoms with Gasteiger partial charge in [-0.2, -0.15) is 0 Å². The van der Waals surface area contributed by atoms with Gasteiger partial charge in [-0.05, 0) is 52.7 Å². The van der Waals surface area contributed by atoms with Crippen LogP contribution in [0.25, 0.3) is 0 Å². The Morgan fingerprint density at radius 1 is 1.41 bits per heavy atom. The van der Waals surface area contributed by atoms with Gasteiger partial charge in [-0.15, -0.1) is 4.72 Å². The van der Waals surface area contributed by atoms with Gasteiger partial charge in [0.15, 0.2) is 0 Å². The summed E-state index contributed by atoms with van der Waals surface area (Å²) in [5.41, 5.74) is 0. The molecule has 1 fully saturated rings. The summed E-state index contributed by atoms with van der Waals surface area (Å²) >= 11 is -1.06. The summed E-state index contributed by atoms with van der Waals surface area (Å²) in [7, 11) is 0. The number of rotatable bonds is 4. The molecule has 0 radical (unpaired) electrons. The second-order valence-electron chi connectivity index (χ2n) is 5.74. The number of nitrogens with one attached hydrogen (secondary N) is 1. The lowest BCUT2D eigenvalue weighted by Crippen LogP contribution is -2.40. The maximum atomic E-state index is 12.0. The maximum Gasteiger partial charge on any atom is 0.136 e. The number of hydrogen-bond acceptors (Lipinski definition) is 3. The van der Waals surface area contributed by atoms with E-state index >= 15 is 0 Å². The largest absolute Gasteiger partial charge is 0.598 e. The summed E-state index contributed by atoms with van der Waals surface area (Å²) in [6, 6.07) is 4.03. The van der Waals surface area contributed by atoms with Crippen LogP contribution in [-0.2, 0) is 11.4 Å². The molecule has 1 heterocycles. The van der Waals surface area contributed by atoms with E-state index in [0.717, 1.165) is 11.5 Å². The zero-order chi connectivity index (χ0) is 12.6. The standard InChI is InChI=1S/C13H21NO2S/c1-9(14-17(15)13(2,3)4)11-7-8-12(16-11)10-5-6-10/h7-10,14H,5-6H2,1-4H3/t9?,17-/m0/s1. The molecule has 3 nitrogen and oxygen atoms in total. The topological polar surface area (TPSA) is 48.2 Å². The quantitative estimate of drug-likeness (QED) is 0.840. The van der Waals surface area contributed by atoms with Crippen LogP contribution in [-0.4, -0.2) is 9.30 Å². The summed E-state index contributed by atoms with van der Waals surface area (Å²) in [6.07, 6.45) is 2.48. The van der Waals surface area contributed by atoms with Crippen molar-refractivity contribution in [1.29, 1.82) is 0 Å². The van der Waals surface area contributed by atoms with E-state index in [1.54, 1.807) is 0 Å². The molecule has 2 atom stereocenters. The molecule has 0 bridgehead atoms. The highest BCUT2D eigenvalue weighted by Crippen LogP contribution is 2.41. The molecular weight excluding hydrogens is 234 g/mol. The molecule has 1 aromatic heterocycles. The molecule has 96 valence electrons. The van der Waals surface area contributed by atoms with Crippen LogP contribution in [0.5, 0.6) is 0 Å². The molecule has 0 aliphatic heterocycles. The van der Waals surface area contributed by atoms with Crippen molar-refractivity contribution < 1.29 is 8.97 Å². The second-order valence-corrected chi connectivity index (χ2v) is 7.73. The Bertz CT molecular complexity index is 379. The predicted molar refractivity (Wildman–Crippen MR) is 70.1 cm³/mol. The highest BCUT2D eigenvalue weighted by Gasteiger charge is 2.31. The molecule has 2 rings (SSSR count). The molecule has 1 N–H and O–H groups in total. The van der Waals surface area contributed by atoms with E-state index < -0.39 is 11.4 Å². The highest BCUT2D eigenvalue weighted by molar-refractivity contribution is 7.90. The van der Waals surface area contributed by atoms with Gasteiger partial charge in [-0.1, -0.05) is 0 Å². The van der Waals surface area contributed by atoms with Crippen molar-refractivity contribution in [2.24, 2.45) is 0 Å². The molecule has 1 saturated carbocycles. The van der Waals surface area contributed by atoms with E-state index in [4.69, 9.17) is 4.42 Å². The molecule has 0 amide bonds. The molecule has 1 aromatic rings. The molecule has 1 aliphatic carbocycles. The Morgan fingerprint density at radius 3 is 2.59 bits per heavy atom. The van der Waals surface area contributed by atoms with Gasteiger partial charge in [-0.25, -0.2) is 0 Å². The Labute approximate surface area is 106 Å². The lowest BCUT2D eigenvalue weighted by Gasteiger charge is -2.25. The molecule has 0 spiro atoms. The van der Waals surface area contributed by atoms with Crippen molar-refractivity contribution in [3.8, 4) is 0 Å². The SMILES string of the molecule is CC(N[S@@+]([O-])C(C)(C)C)c1ccc(C2CC2)o1. The van der Waals surface area contributed by atoms with E-state index in [2.05, 4.69) is 4.72 Å². The summed E-state index contributed by atoms with van der Waals surface area (Å²) < 4.78 is 20.6. The van der Waals surface area contributed by atoms with Gasteiger partial charge in [0.1, 0.15) is 22.3 Å². The first kappa shape index (κ1) is 13.0. The van der Waals surface area contributed by atoms with Gasteiger partial charge in [0, 0.05) is 17.3 Å². The highest BCUT2D eigenvalue weighted by atomic mass is 32.2. The Balaban J connectivity index is 1.96. The minimum Gasteiger partial charge on any atom is -0.598 e. The zero-order valence-corrected chi connectivity index (χ0v) is 11.8. The van der Waals surface area contributed by atoms with Crippen molar-refractivity contribution in [1.82, 2.24) is 4.72 Å². The van der Waals surface area contributed by atoms with Gasteiger partial charge >= 0.3 is 0 Å². The van der Waals surface area contributed by atoms with Crippen LogP contribution in [0.3, 0.4) is 0 Å². The summed E-state index contributed by atoms with van der Waals surface area (Å²) in [6.45, 7) is 7.86. The minimum absolute atomic E-state index is 0.0115. The van der Waals surface area contributed by atoms with Crippen LogP contribution < -0.4 is 4.72 Å². The molecule has 0 saturated heterocycles. The third-order valence-electron chi connectivity index (χ3n) is 2.89. The first-order valence-corrected chi connectivity index (χ1v) is 7.30. The van der Waals surface area contributed by atoms with Crippen molar-refractivity contribution in [3.05, 3.63) is 23.7 Å². The van der Waals surface area contributed by atoms with Crippen LogP contribution in [0.15, 0.2) is 16.5 Å². The lowest BCUT2D eigenvalue weighted by atomic mass is 10.3. The van der Waals surface area contributed by atoms with Crippen LogP contribution in [0.1, 0.15) is 64.0 Å². The number of furan rings is 1. The van der Waals surface area contributed by atoms with Gasteiger partial charge < -0.3 is 8.97 Å². The van der Waals surface area contributed by atoms with Crippen LogP contribution in [0, 0.1) is 0 Å². The van der Waals surface area contributed by atoms with E-state index in [9.17, 15) is 4.55 Å². The average Bonchev–Trinajstić information content (AvgIpc) is 2.95. The van der Waals surface area contributed by atoms with Gasteiger partial charge in [0.25, 0.3) is 0 Å². The lowest BCUT2D eigenvalue weighted by molar-refractivity contribution is 0.426. The summed E-state index contributed by atoms with van der Waals surface area (Å²) in [4.78, 5) is 0. The predicted octanol–water partition coefficient (Wildman–Crippen LogP) is 3.27. The van der Waals surface area contributed by atoms with Crippen LogP contribution in [0.2, 0.25) is 0 Å². The molecule has 1 aliphatic rings. The van der Waals surface area contributed by atoms with Crippen LogP contribution >= 0.6 is 0 Å². The van der Waals surface area contributed by atoms with E-state index in [-0.39, 0.29) is 10.8 Å². The fourth-order valence-corrected chi connectivity index (χ4v) is 2.37. The molecule has 1 unspecified atom stereocenters. The van der Waals surface area contributed by atoms with Crippen molar-refractivity contribution in [2.75, 3.05) is 0 Å². The molecular formula is C13H21NO2S. The summed E-state index contributed by atoms with van der Waals surface area (Å²) in [5.74, 6) is 2.59. The first-order chi connectivity index (χ1) is 7.88. The Kier molecular flexibility index (Phi) is 3.57. The van der Waals surface area contributed by atoms with Gasteiger partial charge in [0.05, 0.1) is 0 Å². The maximum absolute atomic E-state index is 12.0. The first-order valence-electron chi connectivity index (χ1n) is 6.15. The van der Waals surface area contributed by atoms with Crippen molar-refractivity contribution in [2.45, 2.75) is 57.2 Å². The third-order valence-corrected chi connectivity index (χ3v) is 4.57. The molecule has 0 aromatic carbocycles. The molecule has 17 heavy (non-hydrogen) atoms. The Hall–Kier alpha value is -0.450. The average molecular weight is 255 g/mol. The fourth-order valence-electron chi connectivity index (χ4n) is 1.58. The third kappa shape index (κ3) is 3.27. The normalized spacial score (nSPS) is 20.3.